The first-order valence-corrected chi connectivity index (χ1v) is 6.80. The molecular weight excluding hydrogens is 214 g/mol. The minimum absolute atomic E-state index is 0.310. The van der Waals surface area contributed by atoms with Crippen LogP contribution in [0.25, 0.3) is 0 Å². The van der Waals surface area contributed by atoms with E-state index in [4.69, 9.17) is 0 Å². The third-order valence-electron chi connectivity index (χ3n) is 4.24. The second kappa shape index (κ2) is 4.94. The van der Waals surface area contributed by atoms with Gasteiger partial charge in [0.05, 0.1) is 5.54 Å². The maximum atomic E-state index is 12.6. The number of rotatable bonds is 2. The van der Waals surface area contributed by atoms with Gasteiger partial charge >= 0.3 is 0 Å². The van der Waals surface area contributed by atoms with Crippen molar-refractivity contribution in [2.75, 3.05) is 32.7 Å². The summed E-state index contributed by atoms with van der Waals surface area (Å²) in [5, 5.41) is 3.34. The third kappa shape index (κ3) is 2.47. The summed E-state index contributed by atoms with van der Waals surface area (Å²) in [4.78, 5) is 17.0. The molecule has 1 unspecified atom stereocenters. The zero-order valence-electron chi connectivity index (χ0n) is 11.3. The number of likely N-dealkylation sites (tertiary alicyclic amines) is 1. The van der Waals surface area contributed by atoms with Crippen LogP contribution in [0.15, 0.2) is 0 Å². The standard InChI is InChI=1S/C13H25N3O/c1-11-5-4-8-16(11)12(17)13(2,3)15-9-6-14-7-10-15/h11,14H,4-10H2,1-3H3. The molecular formula is C13H25N3O. The highest BCUT2D eigenvalue weighted by Crippen LogP contribution is 2.24. The molecule has 1 amide bonds. The fourth-order valence-electron chi connectivity index (χ4n) is 2.95. The first-order valence-electron chi connectivity index (χ1n) is 6.80. The molecule has 2 fully saturated rings. The number of hydrogen-bond donors (Lipinski definition) is 1. The summed E-state index contributed by atoms with van der Waals surface area (Å²) in [6.07, 6.45) is 2.31. The van der Waals surface area contributed by atoms with Crippen LogP contribution in [-0.4, -0.2) is 60.0 Å². The van der Waals surface area contributed by atoms with Gasteiger partial charge in [0.2, 0.25) is 5.91 Å². The molecule has 2 rings (SSSR count). The van der Waals surface area contributed by atoms with E-state index in [1.54, 1.807) is 0 Å². The van der Waals surface area contributed by atoms with Crippen LogP contribution < -0.4 is 5.32 Å². The Bertz CT molecular complexity index is 284. The third-order valence-corrected chi connectivity index (χ3v) is 4.24. The van der Waals surface area contributed by atoms with E-state index >= 15 is 0 Å². The fraction of sp³-hybridized carbons (Fsp3) is 0.923. The Morgan fingerprint density at radius 3 is 2.41 bits per heavy atom. The van der Waals surface area contributed by atoms with Gasteiger partial charge in [0.25, 0.3) is 0 Å². The van der Waals surface area contributed by atoms with Crippen molar-refractivity contribution in [1.29, 1.82) is 0 Å². The van der Waals surface area contributed by atoms with Gasteiger partial charge in [0, 0.05) is 38.8 Å². The maximum Gasteiger partial charge on any atom is 0.242 e. The van der Waals surface area contributed by atoms with Gasteiger partial charge in [0.15, 0.2) is 0 Å². The van der Waals surface area contributed by atoms with E-state index in [2.05, 4.69) is 35.9 Å². The van der Waals surface area contributed by atoms with E-state index in [1.165, 1.54) is 0 Å². The normalized spacial score (nSPS) is 27.5. The first kappa shape index (κ1) is 12.8. The molecule has 17 heavy (non-hydrogen) atoms. The highest BCUT2D eigenvalue weighted by atomic mass is 16.2. The molecule has 1 N–H and O–H groups in total. The Hall–Kier alpha value is -0.610. The number of nitrogens with one attached hydrogen (secondary N) is 1. The maximum absolute atomic E-state index is 12.6. The van der Waals surface area contributed by atoms with Crippen LogP contribution in [0.4, 0.5) is 0 Å². The molecule has 1 atom stereocenters. The highest BCUT2D eigenvalue weighted by molar-refractivity contribution is 5.86. The summed E-state index contributed by atoms with van der Waals surface area (Å²) in [5.74, 6) is 0.310. The highest BCUT2D eigenvalue weighted by Gasteiger charge is 2.40. The summed E-state index contributed by atoms with van der Waals surface area (Å²) < 4.78 is 0. The lowest BCUT2D eigenvalue weighted by molar-refractivity contribution is -0.143. The van der Waals surface area contributed by atoms with Crippen molar-refractivity contribution >= 4 is 5.91 Å². The van der Waals surface area contributed by atoms with Gasteiger partial charge in [-0.2, -0.15) is 0 Å². The van der Waals surface area contributed by atoms with E-state index in [0.29, 0.717) is 11.9 Å². The lowest BCUT2D eigenvalue weighted by Crippen LogP contribution is -2.61. The van der Waals surface area contributed by atoms with Crippen molar-refractivity contribution in [3.63, 3.8) is 0 Å². The Kier molecular flexibility index (Phi) is 3.73. The van der Waals surface area contributed by atoms with Crippen LogP contribution >= 0.6 is 0 Å². The van der Waals surface area contributed by atoms with Gasteiger partial charge in [-0.1, -0.05) is 0 Å². The molecule has 0 aromatic rings. The molecule has 2 aliphatic rings. The van der Waals surface area contributed by atoms with E-state index in [9.17, 15) is 4.79 Å². The minimum Gasteiger partial charge on any atom is -0.338 e. The lowest BCUT2D eigenvalue weighted by Gasteiger charge is -2.42. The predicted molar refractivity (Wildman–Crippen MR) is 68.9 cm³/mol. The van der Waals surface area contributed by atoms with Crippen molar-refractivity contribution in [2.24, 2.45) is 0 Å². The quantitative estimate of drug-likeness (QED) is 0.770. The lowest BCUT2D eigenvalue weighted by atomic mass is 9.99. The van der Waals surface area contributed by atoms with Gasteiger partial charge in [-0.3, -0.25) is 9.69 Å². The molecule has 0 spiro atoms. The number of carbonyl (C=O) groups excluding carboxylic acids is 1. The first-order chi connectivity index (χ1) is 8.03. The van der Waals surface area contributed by atoms with Gasteiger partial charge in [-0.25, -0.2) is 0 Å². The monoisotopic (exact) mass is 239 g/mol. The zero-order chi connectivity index (χ0) is 12.5. The van der Waals surface area contributed by atoms with Crippen molar-refractivity contribution in [3.05, 3.63) is 0 Å². The Balaban J connectivity index is 2.05. The van der Waals surface area contributed by atoms with Crippen LogP contribution in [-0.2, 0) is 4.79 Å². The van der Waals surface area contributed by atoms with Crippen LogP contribution in [0.5, 0.6) is 0 Å². The topological polar surface area (TPSA) is 35.6 Å². The summed E-state index contributed by atoms with van der Waals surface area (Å²) in [7, 11) is 0. The van der Waals surface area contributed by atoms with Crippen molar-refractivity contribution in [3.8, 4) is 0 Å². The number of nitrogens with zero attached hydrogens (tertiary/aromatic N) is 2. The smallest absolute Gasteiger partial charge is 0.242 e. The molecule has 2 aliphatic heterocycles. The summed E-state index contributed by atoms with van der Waals surface area (Å²) in [5.41, 5.74) is -0.347. The van der Waals surface area contributed by atoms with Crippen molar-refractivity contribution < 1.29 is 4.79 Å². The Morgan fingerprint density at radius 1 is 1.24 bits per heavy atom. The van der Waals surface area contributed by atoms with Crippen molar-refractivity contribution in [1.82, 2.24) is 15.1 Å². The van der Waals surface area contributed by atoms with E-state index in [0.717, 1.165) is 45.6 Å². The molecule has 0 aromatic heterocycles. The second-order valence-corrected chi connectivity index (χ2v) is 5.79. The van der Waals surface area contributed by atoms with Crippen molar-refractivity contribution in [2.45, 2.75) is 45.2 Å². The molecule has 0 radical (unpaired) electrons. The Labute approximate surface area is 104 Å². The number of hydrogen-bond acceptors (Lipinski definition) is 3. The molecule has 0 aliphatic carbocycles. The van der Waals surface area contributed by atoms with Gasteiger partial charge in [0.1, 0.15) is 0 Å². The molecule has 2 heterocycles. The van der Waals surface area contributed by atoms with E-state index in [-0.39, 0.29) is 5.54 Å². The molecule has 4 nitrogen and oxygen atoms in total. The van der Waals surface area contributed by atoms with Gasteiger partial charge in [-0.05, 0) is 33.6 Å². The molecule has 4 heteroatoms. The van der Waals surface area contributed by atoms with Gasteiger partial charge < -0.3 is 10.2 Å². The van der Waals surface area contributed by atoms with Gasteiger partial charge in [-0.15, -0.1) is 0 Å². The predicted octanol–water partition coefficient (Wildman–Crippen LogP) is 0.681. The average Bonchev–Trinajstić information content (AvgIpc) is 2.75. The SMILES string of the molecule is CC1CCCN1C(=O)C(C)(C)N1CCNCC1. The largest absolute Gasteiger partial charge is 0.338 e. The molecule has 0 saturated carbocycles. The summed E-state index contributed by atoms with van der Waals surface area (Å²) >= 11 is 0. The van der Waals surface area contributed by atoms with Crippen LogP contribution in [0.2, 0.25) is 0 Å². The molecule has 0 aromatic carbocycles. The molecule has 2 saturated heterocycles. The second-order valence-electron chi connectivity index (χ2n) is 5.79. The number of amides is 1. The summed E-state index contributed by atoms with van der Waals surface area (Å²) in [6.45, 7) is 11.2. The molecule has 0 bridgehead atoms. The van der Waals surface area contributed by atoms with E-state index < -0.39 is 0 Å². The Morgan fingerprint density at radius 2 is 1.88 bits per heavy atom. The van der Waals surface area contributed by atoms with Crippen LogP contribution in [0, 0.1) is 0 Å². The zero-order valence-corrected chi connectivity index (χ0v) is 11.3. The van der Waals surface area contributed by atoms with E-state index in [1.807, 2.05) is 0 Å². The minimum atomic E-state index is -0.347. The van der Waals surface area contributed by atoms with Crippen LogP contribution in [0.1, 0.15) is 33.6 Å². The number of piperazine rings is 1. The number of carbonyl (C=O) groups is 1. The van der Waals surface area contributed by atoms with Crippen LogP contribution in [0.3, 0.4) is 0 Å². The average molecular weight is 239 g/mol. The fourth-order valence-corrected chi connectivity index (χ4v) is 2.95. The molecule has 98 valence electrons. The summed E-state index contributed by atoms with van der Waals surface area (Å²) in [6, 6.07) is 0.421.